The summed E-state index contributed by atoms with van der Waals surface area (Å²) in [5, 5.41) is 0. The third-order valence-corrected chi connectivity index (χ3v) is 2.00. The highest BCUT2D eigenvalue weighted by Crippen LogP contribution is 2.03. The summed E-state index contributed by atoms with van der Waals surface area (Å²) >= 11 is 1.94. The van der Waals surface area contributed by atoms with Crippen LogP contribution < -0.4 is 5.73 Å². The largest absolute Gasteiger partial charge is 0.405 e. The van der Waals surface area contributed by atoms with Crippen molar-refractivity contribution in [1.29, 1.82) is 0 Å². The SMILES string of the molecule is CCCCSCC=CN. The van der Waals surface area contributed by atoms with Gasteiger partial charge in [0.1, 0.15) is 0 Å². The van der Waals surface area contributed by atoms with E-state index in [1.54, 1.807) is 6.20 Å². The molecule has 0 aromatic carbocycles. The first-order valence-electron chi connectivity index (χ1n) is 3.36. The van der Waals surface area contributed by atoms with E-state index in [0.717, 1.165) is 5.75 Å². The van der Waals surface area contributed by atoms with Gasteiger partial charge in [0.25, 0.3) is 0 Å². The molecule has 9 heavy (non-hydrogen) atoms. The van der Waals surface area contributed by atoms with Crippen LogP contribution in [0, 0.1) is 0 Å². The fourth-order valence-electron chi connectivity index (χ4n) is 0.453. The molecule has 0 aliphatic rings. The van der Waals surface area contributed by atoms with Gasteiger partial charge in [0.2, 0.25) is 0 Å². The van der Waals surface area contributed by atoms with Gasteiger partial charge >= 0.3 is 0 Å². The monoisotopic (exact) mass is 145 g/mol. The second kappa shape index (κ2) is 7.89. The van der Waals surface area contributed by atoms with Gasteiger partial charge in [-0.05, 0) is 18.4 Å². The molecular formula is C7H15NS. The molecule has 0 aromatic heterocycles. The first-order valence-corrected chi connectivity index (χ1v) is 4.51. The van der Waals surface area contributed by atoms with E-state index >= 15 is 0 Å². The first kappa shape index (κ1) is 8.89. The lowest BCUT2D eigenvalue weighted by molar-refractivity contribution is 0.897. The van der Waals surface area contributed by atoms with E-state index in [2.05, 4.69) is 6.92 Å². The third-order valence-electron chi connectivity index (χ3n) is 0.992. The van der Waals surface area contributed by atoms with Gasteiger partial charge in [0, 0.05) is 5.75 Å². The first-order chi connectivity index (χ1) is 4.41. The predicted octanol–water partition coefficient (Wildman–Crippen LogP) is 1.99. The topological polar surface area (TPSA) is 26.0 Å². The lowest BCUT2D eigenvalue weighted by Gasteiger charge is -1.92. The van der Waals surface area contributed by atoms with E-state index in [9.17, 15) is 0 Å². The van der Waals surface area contributed by atoms with Crippen LogP contribution in [0.3, 0.4) is 0 Å². The molecule has 0 aliphatic heterocycles. The summed E-state index contributed by atoms with van der Waals surface area (Å²) in [5.41, 5.74) is 5.15. The fraction of sp³-hybridized carbons (Fsp3) is 0.714. The number of hydrogen-bond acceptors (Lipinski definition) is 2. The van der Waals surface area contributed by atoms with Crippen LogP contribution in [0.4, 0.5) is 0 Å². The average molecular weight is 145 g/mol. The molecule has 2 heteroatoms. The standard InChI is InChI=1S/C7H15NS/c1-2-3-6-9-7-4-5-8/h4-5H,2-3,6-8H2,1H3. The number of thioether (sulfide) groups is 1. The minimum absolute atomic E-state index is 1.07. The van der Waals surface area contributed by atoms with Crippen LogP contribution >= 0.6 is 11.8 Å². The lowest BCUT2D eigenvalue weighted by Crippen LogP contribution is -1.81. The maximum Gasteiger partial charge on any atom is 0.0130 e. The quantitative estimate of drug-likeness (QED) is 0.599. The Labute approximate surface area is 61.7 Å². The molecule has 0 aromatic rings. The summed E-state index contributed by atoms with van der Waals surface area (Å²) in [7, 11) is 0. The number of hydrogen-bond donors (Lipinski definition) is 1. The predicted molar refractivity (Wildman–Crippen MR) is 45.6 cm³/mol. The molecule has 0 spiro atoms. The molecule has 0 fully saturated rings. The van der Waals surface area contributed by atoms with Crippen molar-refractivity contribution in [2.75, 3.05) is 11.5 Å². The van der Waals surface area contributed by atoms with Crippen molar-refractivity contribution < 1.29 is 0 Å². The molecule has 0 aliphatic carbocycles. The molecular weight excluding hydrogens is 130 g/mol. The van der Waals surface area contributed by atoms with Crippen LogP contribution in [-0.4, -0.2) is 11.5 Å². The molecule has 0 radical (unpaired) electrons. The minimum atomic E-state index is 1.07. The molecule has 0 saturated heterocycles. The van der Waals surface area contributed by atoms with E-state index in [-0.39, 0.29) is 0 Å². The maximum atomic E-state index is 5.15. The van der Waals surface area contributed by atoms with Crippen LogP contribution in [0.25, 0.3) is 0 Å². The normalized spacial score (nSPS) is 10.8. The number of nitrogens with two attached hydrogens (primary N) is 1. The molecule has 0 amide bonds. The van der Waals surface area contributed by atoms with Gasteiger partial charge in [-0.2, -0.15) is 11.8 Å². The smallest absolute Gasteiger partial charge is 0.0130 e. The third kappa shape index (κ3) is 7.89. The van der Waals surface area contributed by atoms with Gasteiger partial charge in [-0.15, -0.1) is 0 Å². The molecule has 0 rings (SSSR count). The molecule has 2 N–H and O–H groups in total. The number of rotatable bonds is 5. The number of unbranched alkanes of at least 4 members (excludes halogenated alkanes) is 1. The zero-order valence-electron chi connectivity index (χ0n) is 5.97. The van der Waals surface area contributed by atoms with E-state index in [0.29, 0.717) is 0 Å². The van der Waals surface area contributed by atoms with Crippen molar-refractivity contribution in [3.05, 3.63) is 12.3 Å². The van der Waals surface area contributed by atoms with E-state index < -0.39 is 0 Å². The van der Waals surface area contributed by atoms with Gasteiger partial charge in [-0.25, -0.2) is 0 Å². The molecule has 0 unspecified atom stereocenters. The Morgan fingerprint density at radius 3 is 2.89 bits per heavy atom. The average Bonchev–Trinajstić information content (AvgIpc) is 1.89. The Balaban J connectivity index is 2.75. The van der Waals surface area contributed by atoms with Gasteiger partial charge < -0.3 is 5.73 Å². The van der Waals surface area contributed by atoms with Gasteiger partial charge in [0.15, 0.2) is 0 Å². The van der Waals surface area contributed by atoms with Crippen LogP contribution in [-0.2, 0) is 0 Å². The van der Waals surface area contributed by atoms with Crippen LogP contribution in [0.1, 0.15) is 19.8 Å². The van der Waals surface area contributed by atoms with Crippen LogP contribution in [0.2, 0.25) is 0 Å². The Kier molecular flexibility index (Phi) is 7.79. The van der Waals surface area contributed by atoms with E-state index in [4.69, 9.17) is 5.73 Å². The Morgan fingerprint density at radius 2 is 2.33 bits per heavy atom. The van der Waals surface area contributed by atoms with Crippen molar-refractivity contribution in [1.82, 2.24) is 0 Å². The van der Waals surface area contributed by atoms with E-state index in [1.165, 1.54) is 18.6 Å². The summed E-state index contributed by atoms with van der Waals surface area (Å²) in [6.07, 6.45) is 6.21. The highest BCUT2D eigenvalue weighted by Gasteiger charge is 1.82. The van der Waals surface area contributed by atoms with Crippen molar-refractivity contribution in [2.45, 2.75) is 19.8 Å². The Morgan fingerprint density at radius 1 is 1.56 bits per heavy atom. The summed E-state index contributed by atoms with van der Waals surface area (Å²) < 4.78 is 0. The Hall–Kier alpha value is -0.110. The van der Waals surface area contributed by atoms with Gasteiger partial charge in [0.05, 0.1) is 0 Å². The minimum Gasteiger partial charge on any atom is -0.405 e. The summed E-state index contributed by atoms with van der Waals surface area (Å²) in [5.74, 6) is 2.33. The molecule has 54 valence electrons. The van der Waals surface area contributed by atoms with Crippen molar-refractivity contribution in [3.63, 3.8) is 0 Å². The van der Waals surface area contributed by atoms with Crippen LogP contribution in [0.15, 0.2) is 12.3 Å². The fourth-order valence-corrected chi connectivity index (χ4v) is 1.36. The summed E-state index contributed by atoms with van der Waals surface area (Å²) in [6, 6.07) is 0. The van der Waals surface area contributed by atoms with Crippen molar-refractivity contribution in [3.8, 4) is 0 Å². The molecule has 0 bridgehead atoms. The van der Waals surface area contributed by atoms with Crippen LogP contribution in [0.5, 0.6) is 0 Å². The molecule has 1 nitrogen and oxygen atoms in total. The van der Waals surface area contributed by atoms with Gasteiger partial charge in [-0.3, -0.25) is 0 Å². The van der Waals surface area contributed by atoms with Crippen molar-refractivity contribution in [2.24, 2.45) is 5.73 Å². The second-order valence-corrected chi connectivity index (χ2v) is 3.01. The van der Waals surface area contributed by atoms with Gasteiger partial charge in [-0.1, -0.05) is 19.4 Å². The van der Waals surface area contributed by atoms with Crippen molar-refractivity contribution >= 4 is 11.8 Å². The maximum absolute atomic E-state index is 5.15. The zero-order valence-corrected chi connectivity index (χ0v) is 6.79. The Bertz CT molecular complexity index is 71.3. The van der Waals surface area contributed by atoms with E-state index in [1.807, 2.05) is 17.8 Å². The molecule has 0 saturated carbocycles. The highest BCUT2D eigenvalue weighted by atomic mass is 32.2. The lowest BCUT2D eigenvalue weighted by atomic mass is 10.4. The summed E-state index contributed by atoms with van der Waals surface area (Å²) in [6.45, 7) is 2.21. The highest BCUT2D eigenvalue weighted by molar-refractivity contribution is 7.99. The second-order valence-electron chi connectivity index (χ2n) is 1.86. The molecule has 0 atom stereocenters. The zero-order chi connectivity index (χ0) is 6.95. The summed E-state index contributed by atoms with van der Waals surface area (Å²) in [4.78, 5) is 0. The molecule has 0 heterocycles.